The summed E-state index contributed by atoms with van der Waals surface area (Å²) in [4.78, 5) is 40.9. The number of carbonyl (C=O) groups excluding carboxylic acids is 2. The van der Waals surface area contributed by atoms with E-state index < -0.39 is 39.2 Å². The number of rotatable bonds is 0. The lowest BCUT2D eigenvalue weighted by atomic mass is 9.43. The molecule has 11 nitrogen and oxygen atoms in total. The lowest BCUT2D eigenvalue weighted by Gasteiger charge is -2.62. The lowest BCUT2D eigenvalue weighted by molar-refractivity contribution is -0.298. The van der Waals surface area contributed by atoms with Crippen molar-refractivity contribution in [1.82, 2.24) is 9.97 Å². The monoisotopic (exact) mass is 897 g/mol. The Labute approximate surface area is 385 Å². The van der Waals surface area contributed by atoms with Crippen molar-refractivity contribution in [3.05, 3.63) is 22.8 Å². The van der Waals surface area contributed by atoms with E-state index in [-0.39, 0.29) is 94.2 Å². The van der Waals surface area contributed by atoms with Gasteiger partial charge in [0.2, 0.25) is 0 Å². The molecule has 6 saturated carbocycles. The number of nitrogens with zero attached hydrogens (tertiary/aromatic N) is 2. The number of aromatic nitrogens is 2. The zero-order chi connectivity index (χ0) is 45.7. The second kappa shape index (κ2) is 12.7. The van der Waals surface area contributed by atoms with E-state index in [1.54, 1.807) is 0 Å². The summed E-state index contributed by atoms with van der Waals surface area (Å²) >= 11 is 0. The highest BCUT2D eigenvalue weighted by Crippen LogP contribution is 2.74. The molecule has 10 fully saturated rings. The number of aliphatic hydroxyl groups is 3. The zero-order valence-corrected chi connectivity index (χ0v) is 40.6. The fourth-order valence-corrected chi connectivity index (χ4v) is 20.3. The summed E-state index contributed by atoms with van der Waals surface area (Å²) in [6.07, 6.45) is 11.6. The molecular weight excluding hydrogens is 821 g/mol. The quantitative estimate of drug-likeness (QED) is 0.245. The molecule has 356 valence electrons. The zero-order valence-electron chi connectivity index (χ0n) is 40.6. The van der Waals surface area contributed by atoms with Gasteiger partial charge in [-0.1, -0.05) is 27.7 Å². The molecule has 12 aliphatic rings. The van der Waals surface area contributed by atoms with Gasteiger partial charge in [-0.3, -0.25) is 19.6 Å². The minimum atomic E-state index is -1.18. The van der Waals surface area contributed by atoms with Crippen LogP contribution in [-0.4, -0.2) is 89.6 Å². The number of hydrogen-bond donors (Lipinski definition) is 3. The first kappa shape index (κ1) is 43.2. The lowest BCUT2D eigenvalue weighted by Crippen LogP contribution is -2.67. The standard InChI is InChI=1S/C54H76N2O9/c1-27-43-40(63-53(27)17-15-46(5,59)26-62-53)25-52(61)32-13-11-30-19-36-38(23-48(30,7)34(32)20-41(57)49(43,52)8)56-35-18-29-10-12-31-33(47(29,6)22-37(35)55-36)21-42(58)51(31)24-39-44(50(51,9)60)28(2)54(64-39)16-14-45(3,4)65-54/h27-34,39-40,43-44,59-61H,10-26H2,1-9H3/t27-,28-,29-,30-,31+,32+,33-,34-,39-,40?,43-,44-,46-,47-,48-,49+,50-,51-,52+,53+,54+/m0/s1. The topological polar surface area (TPSA) is 158 Å². The maximum atomic E-state index is 14.9. The van der Waals surface area contributed by atoms with E-state index in [0.717, 1.165) is 87.0 Å². The van der Waals surface area contributed by atoms with Gasteiger partial charge >= 0.3 is 0 Å². The Kier molecular flexibility index (Phi) is 8.45. The summed E-state index contributed by atoms with van der Waals surface area (Å²) in [5.41, 5.74) is -1.08. The highest BCUT2D eigenvalue weighted by molar-refractivity contribution is 5.90. The van der Waals surface area contributed by atoms with Crippen LogP contribution in [0.1, 0.15) is 162 Å². The van der Waals surface area contributed by atoms with Crippen LogP contribution in [0.25, 0.3) is 0 Å². The van der Waals surface area contributed by atoms with Crippen LogP contribution in [0.3, 0.4) is 0 Å². The number of Topliss-reactive ketones (excluding diaryl/α,β-unsaturated/α-hetero) is 2. The first-order valence-electron chi connectivity index (χ1n) is 26.2. The molecule has 5 heterocycles. The summed E-state index contributed by atoms with van der Waals surface area (Å²) in [7, 11) is 0. The van der Waals surface area contributed by atoms with Crippen molar-refractivity contribution in [2.45, 2.75) is 211 Å². The molecule has 1 aromatic rings. The van der Waals surface area contributed by atoms with E-state index >= 15 is 0 Å². The maximum absolute atomic E-state index is 14.9. The molecule has 0 bridgehead atoms. The Hall–Kier alpha value is -1.86. The number of hydrogen-bond acceptors (Lipinski definition) is 11. The fourth-order valence-electron chi connectivity index (χ4n) is 20.3. The van der Waals surface area contributed by atoms with Crippen LogP contribution < -0.4 is 0 Å². The molecule has 4 aliphatic heterocycles. The smallest absolute Gasteiger partial charge is 0.172 e. The average Bonchev–Trinajstić information content (AvgIpc) is 3.99. The molecule has 1 unspecified atom stereocenters. The largest absolute Gasteiger partial charge is 0.389 e. The van der Waals surface area contributed by atoms with Gasteiger partial charge in [0.15, 0.2) is 11.6 Å². The SMILES string of the molecule is C[C@H]1[C@H]2[C@H](C[C@]3(C(=O)C[C@H]4[C@H]3CC[C@H]3Cc5nc6c(nc5C[C@@]34C)C[C@@H]3CC[C@@H]4[C@H](CC(=O)[C@]5(C)[C@@H]7C(C[C@@]45O)O[C@]4(CC[C@](C)(O)CO4)[C@H]7C)[C@@]3(C)C6)[C@@]2(C)O)O[C@@]12CCC(C)(C)O2. The van der Waals surface area contributed by atoms with Gasteiger partial charge in [-0.15, -0.1) is 0 Å². The van der Waals surface area contributed by atoms with Gasteiger partial charge in [0, 0.05) is 55.8 Å². The van der Waals surface area contributed by atoms with Crippen LogP contribution in [0, 0.1) is 80.8 Å². The van der Waals surface area contributed by atoms with Crippen molar-refractivity contribution in [2.24, 2.45) is 80.8 Å². The third kappa shape index (κ3) is 5.04. The first-order valence-corrected chi connectivity index (χ1v) is 26.2. The summed E-state index contributed by atoms with van der Waals surface area (Å²) in [5, 5.41) is 36.7. The van der Waals surface area contributed by atoms with Gasteiger partial charge in [0.1, 0.15) is 11.6 Å². The van der Waals surface area contributed by atoms with Gasteiger partial charge in [-0.05, 0) is 152 Å². The van der Waals surface area contributed by atoms with Crippen molar-refractivity contribution in [3.8, 4) is 0 Å². The van der Waals surface area contributed by atoms with E-state index in [1.165, 1.54) is 0 Å². The highest BCUT2D eigenvalue weighted by Gasteiger charge is 2.80. The van der Waals surface area contributed by atoms with Gasteiger partial charge in [-0.25, -0.2) is 0 Å². The first-order chi connectivity index (χ1) is 30.4. The molecule has 4 saturated heterocycles. The van der Waals surface area contributed by atoms with Crippen LogP contribution in [0.15, 0.2) is 0 Å². The predicted molar refractivity (Wildman–Crippen MR) is 238 cm³/mol. The van der Waals surface area contributed by atoms with Crippen molar-refractivity contribution >= 4 is 11.6 Å². The average molecular weight is 897 g/mol. The molecule has 3 spiro atoms. The van der Waals surface area contributed by atoms with Gasteiger partial charge in [0.25, 0.3) is 0 Å². The summed E-state index contributed by atoms with van der Waals surface area (Å²) < 4.78 is 26.8. The van der Waals surface area contributed by atoms with E-state index in [2.05, 4.69) is 48.5 Å². The second-order valence-electron chi connectivity index (χ2n) is 26.9. The summed E-state index contributed by atoms with van der Waals surface area (Å²) in [5.74, 6) is -0.376. The Morgan fingerprint density at radius 3 is 1.72 bits per heavy atom. The Morgan fingerprint density at radius 1 is 0.585 bits per heavy atom. The van der Waals surface area contributed by atoms with Gasteiger partial charge in [-0.2, -0.15) is 0 Å². The maximum Gasteiger partial charge on any atom is 0.172 e. The second-order valence-corrected chi connectivity index (χ2v) is 26.9. The molecule has 8 aliphatic carbocycles. The molecule has 3 N–H and O–H groups in total. The highest BCUT2D eigenvalue weighted by atomic mass is 16.7. The van der Waals surface area contributed by atoms with Gasteiger partial charge in [0.05, 0.1) is 74.8 Å². The van der Waals surface area contributed by atoms with E-state index in [9.17, 15) is 24.9 Å². The molecular formula is C54H76N2O9. The summed E-state index contributed by atoms with van der Waals surface area (Å²) in [6.45, 7) is 19.5. The molecule has 0 aromatic carbocycles. The van der Waals surface area contributed by atoms with Crippen LogP contribution in [0.4, 0.5) is 0 Å². The van der Waals surface area contributed by atoms with Crippen molar-refractivity contribution < 1.29 is 43.9 Å². The molecule has 65 heavy (non-hydrogen) atoms. The van der Waals surface area contributed by atoms with Crippen LogP contribution in [0.2, 0.25) is 0 Å². The number of ether oxygens (including phenoxy) is 4. The third-order valence-corrected chi connectivity index (χ3v) is 23.8. The number of carbonyl (C=O) groups is 2. The predicted octanol–water partition coefficient (Wildman–Crippen LogP) is 7.04. The number of fused-ring (bicyclic) bond motifs is 14. The van der Waals surface area contributed by atoms with E-state index in [0.29, 0.717) is 50.4 Å². The van der Waals surface area contributed by atoms with Crippen molar-refractivity contribution in [1.29, 1.82) is 0 Å². The fraction of sp³-hybridized carbons (Fsp3) is 0.889. The van der Waals surface area contributed by atoms with Crippen LogP contribution in [0.5, 0.6) is 0 Å². The number of ketones is 2. The van der Waals surface area contributed by atoms with Crippen LogP contribution >= 0.6 is 0 Å². The van der Waals surface area contributed by atoms with Crippen LogP contribution in [-0.2, 0) is 54.2 Å². The minimum absolute atomic E-state index is 0.00243. The van der Waals surface area contributed by atoms with E-state index in [1.807, 2.05) is 13.8 Å². The van der Waals surface area contributed by atoms with Crippen molar-refractivity contribution in [3.63, 3.8) is 0 Å². The molecule has 13 rings (SSSR count). The molecule has 1 aromatic heterocycles. The Morgan fingerprint density at radius 2 is 1.14 bits per heavy atom. The summed E-state index contributed by atoms with van der Waals surface area (Å²) in [6, 6.07) is 0. The van der Waals surface area contributed by atoms with Gasteiger partial charge < -0.3 is 34.3 Å². The molecule has 0 radical (unpaired) electrons. The molecule has 21 atom stereocenters. The molecule has 11 heteroatoms. The minimum Gasteiger partial charge on any atom is -0.389 e. The normalized spacial score (nSPS) is 58.8. The molecule has 0 amide bonds. The van der Waals surface area contributed by atoms with E-state index in [4.69, 9.17) is 28.9 Å². The Bertz CT molecular complexity index is 2280. The third-order valence-electron chi connectivity index (χ3n) is 23.8. The Balaban J connectivity index is 0.758. The van der Waals surface area contributed by atoms with Crippen molar-refractivity contribution in [2.75, 3.05) is 6.61 Å².